The summed E-state index contributed by atoms with van der Waals surface area (Å²) in [5.74, 6) is 4.39. The number of fused-ring (bicyclic) bond motifs is 2. The molecule has 0 saturated heterocycles. The van der Waals surface area contributed by atoms with Crippen molar-refractivity contribution in [1.82, 2.24) is 0 Å². The molecule has 6 rings (SSSR count). The summed E-state index contributed by atoms with van der Waals surface area (Å²) in [7, 11) is 12.8. The van der Waals surface area contributed by atoms with Crippen LogP contribution in [-0.4, -0.2) is 62.9 Å². The first-order valence-electron chi connectivity index (χ1n) is 17.8. The molecule has 2 aliphatic rings. The molecule has 2 amide bonds. The van der Waals surface area contributed by atoms with E-state index in [-0.39, 0.29) is 0 Å². The molecule has 0 aliphatic heterocycles. The van der Waals surface area contributed by atoms with Crippen LogP contribution in [-0.2, 0) is 12.8 Å². The maximum absolute atomic E-state index is 14.2. The molecule has 2 N–H and O–H groups in total. The average Bonchev–Trinajstić information content (AvgIpc) is 3.57. The first-order valence-corrected chi connectivity index (χ1v) is 17.8. The Morgan fingerprint density at radius 2 is 0.833 bits per heavy atom. The van der Waals surface area contributed by atoms with Crippen LogP contribution in [0.3, 0.4) is 0 Å². The lowest BCUT2D eigenvalue weighted by atomic mass is 9.91. The molecule has 0 radical (unpaired) electrons. The fourth-order valence-electron chi connectivity index (χ4n) is 7.44. The zero-order chi connectivity index (χ0) is 38.4. The van der Waals surface area contributed by atoms with Crippen molar-refractivity contribution in [2.45, 2.75) is 38.5 Å². The summed E-state index contributed by atoms with van der Waals surface area (Å²) in [5, 5.41) is 6.34. The fraction of sp³-hybridized carbons (Fsp3) is 0.326. The van der Waals surface area contributed by atoms with Gasteiger partial charge >= 0.3 is 6.03 Å². The number of methoxy groups -OCH3 is 8. The maximum Gasteiger partial charge on any atom is 0.323 e. The fourth-order valence-corrected chi connectivity index (χ4v) is 7.44. The number of nitrogens with one attached hydrogen (secondary N) is 2. The Balaban J connectivity index is 1.38. The van der Waals surface area contributed by atoms with Gasteiger partial charge in [-0.1, -0.05) is 24.3 Å². The molecule has 284 valence electrons. The molecule has 2 aliphatic carbocycles. The minimum absolute atomic E-state index is 0.418. The highest BCUT2D eigenvalue weighted by Crippen LogP contribution is 2.47. The van der Waals surface area contributed by atoms with Crippen molar-refractivity contribution in [3.63, 3.8) is 0 Å². The van der Waals surface area contributed by atoms with E-state index < -0.39 is 6.03 Å². The van der Waals surface area contributed by atoms with Gasteiger partial charge in [-0.15, -0.1) is 0 Å². The molecule has 54 heavy (non-hydrogen) atoms. The number of anilines is 2. The van der Waals surface area contributed by atoms with Crippen LogP contribution in [0.4, 0.5) is 16.2 Å². The van der Waals surface area contributed by atoms with Crippen molar-refractivity contribution >= 4 is 28.6 Å². The highest BCUT2D eigenvalue weighted by Gasteiger charge is 2.26. The Kier molecular flexibility index (Phi) is 11.7. The van der Waals surface area contributed by atoms with Gasteiger partial charge in [0.25, 0.3) is 0 Å². The van der Waals surface area contributed by atoms with Crippen molar-refractivity contribution in [2.75, 3.05) is 67.5 Å². The number of urea groups is 1. The second-order valence-corrected chi connectivity index (χ2v) is 12.8. The van der Waals surface area contributed by atoms with Crippen LogP contribution in [0.2, 0.25) is 0 Å². The van der Waals surface area contributed by atoms with E-state index in [0.29, 0.717) is 57.4 Å². The number of amides is 2. The molecule has 0 fully saturated rings. The highest BCUT2D eigenvalue weighted by molar-refractivity contribution is 6.04. The Labute approximate surface area is 316 Å². The molecule has 4 aromatic carbocycles. The third-order valence-electron chi connectivity index (χ3n) is 9.96. The van der Waals surface area contributed by atoms with Gasteiger partial charge in [0, 0.05) is 0 Å². The van der Waals surface area contributed by atoms with Crippen LogP contribution >= 0.6 is 0 Å². The summed E-state index contributed by atoms with van der Waals surface area (Å²) in [6.07, 6.45) is 9.30. The van der Waals surface area contributed by atoms with Crippen molar-refractivity contribution in [1.29, 1.82) is 0 Å². The van der Waals surface area contributed by atoms with E-state index in [1.807, 2.05) is 48.5 Å². The molecule has 0 saturated carbocycles. The van der Waals surface area contributed by atoms with E-state index in [4.69, 9.17) is 37.9 Å². The van der Waals surface area contributed by atoms with E-state index in [1.165, 1.54) is 0 Å². The summed E-state index contributed by atoms with van der Waals surface area (Å²) < 4.78 is 45.6. The lowest BCUT2D eigenvalue weighted by Gasteiger charge is -2.22. The van der Waals surface area contributed by atoms with Crippen molar-refractivity contribution in [2.24, 2.45) is 0 Å². The third-order valence-corrected chi connectivity index (χ3v) is 9.96. The lowest BCUT2D eigenvalue weighted by Crippen LogP contribution is -2.22. The third kappa shape index (κ3) is 7.18. The van der Waals surface area contributed by atoms with Crippen molar-refractivity contribution in [3.05, 3.63) is 94.1 Å². The SMILES string of the molecule is COc1ccc2c(c1NC(=O)Nc1c(OC)ccc3c1CCCC=C3c1cc(OC)c(OC)c(OC)c1)CCCC=C2c1cc(OC)c(OC)c(OC)c1. The van der Waals surface area contributed by atoms with E-state index in [9.17, 15) is 4.79 Å². The normalized spacial score (nSPS) is 13.4. The van der Waals surface area contributed by atoms with Gasteiger partial charge in [-0.2, -0.15) is 0 Å². The average molecular weight is 737 g/mol. The topological polar surface area (TPSA) is 115 Å². The Hall–Kier alpha value is -5.97. The zero-order valence-electron chi connectivity index (χ0n) is 32.2. The summed E-state index contributed by atoms with van der Waals surface area (Å²) in [6.45, 7) is 0. The van der Waals surface area contributed by atoms with Gasteiger partial charge in [0.15, 0.2) is 23.0 Å². The summed E-state index contributed by atoms with van der Waals surface area (Å²) in [5.41, 5.74) is 8.89. The van der Waals surface area contributed by atoms with Gasteiger partial charge in [-0.25, -0.2) is 4.79 Å². The van der Waals surface area contributed by atoms with Crippen LogP contribution in [0.1, 0.15) is 59.1 Å². The van der Waals surface area contributed by atoms with Gasteiger partial charge in [0.1, 0.15) is 11.5 Å². The Bertz CT molecular complexity index is 1910. The van der Waals surface area contributed by atoms with Crippen LogP contribution in [0, 0.1) is 0 Å². The number of rotatable bonds is 12. The summed E-state index contributed by atoms with van der Waals surface area (Å²) in [4.78, 5) is 14.2. The molecule has 0 aromatic heterocycles. The first-order chi connectivity index (χ1) is 26.3. The molecular weight excluding hydrogens is 688 g/mol. The van der Waals surface area contributed by atoms with Gasteiger partial charge < -0.3 is 48.5 Å². The zero-order valence-corrected chi connectivity index (χ0v) is 32.2. The largest absolute Gasteiger partial charge is 0.495 e. The highest BCUT2D eigenvalue weighted by atomic mass is 16.5. The van der Waals surface area contributed by atoms with Crippen LogP contribution < -0.4 is 48.5 Å². The van der Waals surface area contributed by atoms with E-state index >= 15 is 0 Å². The predicted octanol–water partition coefficient (Wildman–Crippen LogP) is 8.94. The maximum atomic E-state index is 14.2. The standard InChI is InChI=1S/C43H48N2O9/c1-47-33-19-17-29-27(25-21-35(49-3)41(53-7)36(22-25)50-4)13-9-11-15-31(29)39(33)44-43(46)45-40-32-16-12-10-14-28(30(32)18-20-34(40)48-2)26-23-37(51-5)42(54-8)38(24-26)52-6/h13-14,17-24H,9-12,15-16H2,1-8H3,(H2,44,45,46). The summed E-state index contributed by atoms with van der Waals surface area (Å²) >= 11 is 0. The van der Waals surface area contributed by atoms with Crippen LogP contribution in [0.25, 0.3) is 11.1 Å². The second kappa shape index (κ2) is 16.8. The molecule has 0 unspecified atom stereocenters. The lowest BCUT2D eigenvalue weighted by molar-refractivity contribution is 0.262. The molecule has 0 heterocycles. The van der Waals surface area contributed by atoms with Crippen LogP contribution in [0.15, 0.2) is 60.7 Å². The number of carbonyl (C=O) groups is 1. The first kappa shape index (κ1) is 37.8. The minimum atomic E-state index is -0.418. The molecule has 0 spiro atoms. The molecule has 0 bridgehead atoms. The molecule has 4 aromatic rings. The molecule has 0 atom stereocenters. The number of hydrogen-bond acceptors (Lipinski definition) is 9. The van der Waals surface area contributed by atoms with E-state index in [0.717, 1.165) is 83.1 Å². The van der Waals surface area contributed by atoms with E-state index in [1.54, 1.807) is 56.9 Å². The smallest absolute Gasteiger partial charge is 0.323 e. The number of hydrogen-bond donors (Lipinski definition) is 2. The van der Waals surface area contributed by atoms with E-state index in [2.05, 4.69) is 22.8 Å². The molecule has 11 nitrogen and oxygen atoms in total. The number of ether oxygens (including phenoxy) is 8. The number of allylic oxidation sites excluding steroid dienone is 2. The van der Waals surface area contributed by atoms with Crippen LogP contribution in [0.5, 0.6) is 46.0 Å². The van der Waals surface area contributed by atoms with Gasteiger partial charge in [-0.05, 0) is 119 Å². The summed E-state index contributed by atoms with van der Waals surface area (Å²) in [6, 6.07) is 15.2. The predicted molar refractivity (Wildman–Crippen MR) is 211 cm³/mol. The second-order valence-electron chi connectivity index (χ2n) is 12.8. The molecule has 11 heteroatoms. The minimum Gasteiger partial charge on any atom is -0.495 e. The monoisotopic (exact) mass is 736 g/mol. The van der Waals surface area contributed by atoms with Gasteiger partial charge in [0.2, 0.25) is 11.5 Å². The van der Waals surface area contributed by atoms with Gasteiger partial charge in [-0.3, -0.25) is 0 Å². The van der Waals surface area contributed by atoms with Gasteiger partial charge in [0.05, 0.1) is 68.3 Å². The van der Waals surface area contributed by atoms with Crippen molar-refractivity contribution < 1.29 is 42.7 Å². The molecular formula is C43H48N2O9. The number of benzene rings is 4. The Morgan fingerprint density at radius 3 is 1.15 bits per heavy atom. The van der Waals surface area contributed by atoms with Crippen molar-refractivity contribution in [3.8, 4) is 46.0 Å². The Morgan fingerprint density at radius 1 is 0.481 bits per heavy atom. The number of carbonyl (C=O) groups excluding carboxylic acids is 1. The quantitative estimate of drug-likeness (QED) is 0.147.